The molecular formula is C15H30N2. The Morgan fingerprint density at radius 3 is 2.53 bits per heavy atom. The van der Waals surface area contributed by atoms with Crippen LogP contribution in [0.25, 0.3) is 0 Å². The van der Waals surface area contributed by atoms with Crippen LogP contribution in [0.3, 0.4) is 0 Å². The Labute approximate surface area is 107 Å². The molecule has 2 aliphatic heterocycles. The molecule has 2 fully saturated rings. The number of nitrogens with zero attached hydrogens (tertiary/aromatic N) is 1. The van der Waals surface area contributed by atoms with Crippen molar-refractivity contribution in [3.8, 4) is 0 Å². The molecule has 2 heteroatoms. The van der Waals surface area contributed by atoms with E-state index < -0.39 is 0 Å². The molecule has 0 aromatic heterocycles. The van der Waals surface area contributed by atoms with Crippen molar-refractivity contribution in [3.63, 3.8) is 0 Å². The summed E-state index contributed by atoms with van der Waals surface area (Å²) in [6.07, 6.45) is 10.5. The van der Waals surface area contributed by atoms with Gasteiger partial charge in [-0.3, -0.25) is 4.90 Å². The fourth-order valence-corrected chi connectivity index (χ4v) is 3.58. The third kappa shape index (κ3) is 3.45. The van der Waals surface area contributed by atoms with Crippen molar-refractivity contribution in [1.29, 1.82) is 0 Å². The van der Waals surface area contributed by atoms with Gasteiger partial charge in [-0.1, -0.05) is 33.1 Å². The van der Waals surface area contributed by atoms with Crippen LogP contribution in [0.5, 0.6) is 0 Å². The van der Waals surface area contributed by atoms with E-state index >= 15 is 0 Å². The summed E-state index contributed by atoms with van der Waals surface area (Å²) in [5, 5.41) is 3.74. The van der Waals surface area contributed by atoms with Gasteiger partial charge in [0.15, 0.2) is 0 Å². The fourth-order valence-electron chi connectivity index (χ4n) is 3.58. The number of nitrogens with one attached hydrogen (secondary N) is 1. The molecule has 2 heterocycles. The third-order valence-electron chi connectivity index (χ3n) is 4.86. The lowest BCUT2D eigenvalue weighted by Crippen LogP contribution is -2.49. The summed E-state index contributed by atoms with van der Waals surface area (Å²) >= 11 is 0. The van der Waals surface area contributed by atoms with Gasteiger partial charge in [-0.25, -0.2) is 0 Å². The van der Waals surface area contributed by atoms with E-state index in [-0.39, 0.29) is 0 Å². The minimum absolute atomic E-state index is 0.708. The maximum Gasteiger partial charge on any atom is 0.0626 e. The van der Waals surface area contributed by atoms with Crippen LogP contribution in [-0.4, -0.2) is 30.7 Å². The maximum absolute atomic E-state index is 3.74. The zero-order chi connectivity index (χ0) is 12.1. The SMILES string of the molecule is CCCCC1CCNC1N1CCC(CC)CC1. The van der Waals surface area contributed by atoms with Crippen molar-refractivity contribution >= 4 is 0 Å². The average molecular weight is 238 g/mol. The predicted octanol–water partition coefficient (Wildman–Crippen LogP) is 3.23. The van der Waals surface area contributed by atoms with E-state index in [4.69, 9.17) is 0 Å². The molecule has 0 aromatic rings. The van der Waals surface area contributed by atoms with Gasteiger partial charge < -0.3 is 5.32 Å². The first-order valence-corrected chi connectivity index (χ1v) is 7.82. The molecule has 2 nitrogen and oxygen atoms in total. The van der Waals surface area contributed by atoms with Gasteiger partial charge in [0.1, 0.15) is 0 Å². The van der Waals surface area contributed by atoms with Crippen molar-refractivity contribution in [2.24, 2.45) is 11.8 Å². The maximum atomic E-state index is 3.74. The van der Waals surface area contributed by atoms with E-state index in [1.54, 1.807) is 0 Å². The van der Waals surface area contributed by atoms with Crippen LogP contribution in [0.15, 0.2) is 0 Å². The van der Waals surface area contributed by atoms with E-state index in [0.29, 0.717) is 6.17 Å². The molecular weight excluding hydrogens is 208 g/mol. The van der Waals surface area contributed by atoms with Crippen molar-refractivity contribution in [3.05, 3.63) is 0 Å². The minimum Gasteiger partial charge on any atom is -0.301 e. The molecule has 17 heavy (non-hydrogen) atoms. The highest BCUT2D eigenvalue weighted by Gasteiger charge is 2.32. The summed E-state index contributed by atoms with van der Waals surface area (Å²) in [7, 11) is 0. The van der Waals surface area contributed by atoms with Crippen LogP contribution in [0.2, 0.25) is 0 Å². The Balaban J connectivity index is 1.80. The van der Waals surface area contributed by atoms with E-state index in [0.717, 1.165) is 11.8 Å². The Morgan fingerprint density at radius 2 is 1.88 bits per heavy atom. The first kappa shape index (κ1) is 13.4. The number of hydrogen-bond acceptors (Lipinski definition) is 2. The highest BCUT2D eigenvalue weighted by Crippen LogP contribution is 2.28. The molecule has 100 valence electrons. The van der Waals surface area contributed by atoms with Crippen molar-refractivity contribution in [2.75, 3.05) is 19.6 Å². The number of rotatable bonds is 5. The Bertz CT molecular complexity index is 209. The quantitative estimate of drug-likeness (QED) is 0.791. The summed E-state index contributed by atoms with van der Waals surface area (Å²) in [6.45, 7) is 8.56. The second-order valence-corrected chi connectivity index (χ2v) is 5.98. The summed E-state index contributed by atoms with van der Waals surface area (Å²) in [5.74, 6) is 1.93. The number of unbranched alkanes of at least 4 members (excludes halogenated alkanes) is 1. The molecule has 0 saturated carbocycles. The summed E-state index contributed by atoms with van der Waals surface area (Å²) in [4.78, 5) is 2.74. The van der Waals surface area contributed by atoms with Crippen LogP contribution in [0.1, 0.15) is 58.8 Å². The van der Waals surface area contributed by atoms with Crippen LogP contribution in [0.4, 0.5) is 0 Å². The summed E-state index contributed by atoms with van der Waals surface area (Å²) in [6, 6.07) is 0. The highest BCUT2D eigenvalue weighted by atomic mass is 15.3. The van der Waals surface area contributed by atoms with Gasteiger partial charge in [-0.15, -0.1) is 0 Å². The number of likely N-dealkylation sites (tertiary alicyclic amines) is 1. The molecule has 2 saturated heterocycles. The number of piperidine rings is 1. The molecule has 2 atom stereocenters. The average Bonchev–Trinajstić information content (AvgIpc) is 2.84. The van der Waals surface area contributed by atoms with Gasteiger partial charge in [0, 0.05) is 0 Å². The monoisotopic (exact) mass is 238 g/mol. The molecule has 0 aliphatic carbocycles. The van der Waals surface area contributed by atoms with Crippen molar-refractivity contribution in [2.45, 2.75) is 65.0 Å². The van der Waals surface area contributed by atoms with E-state index in [1.165, 1.54) is 64.6 Å². The van der Waals surface area contributed by atoms with E-state index in [1.807, 2.05) is 0 Å². The second kappa shape index (κ2) is 6.75. The summed E-state index contributed by atoms with van der Waals surface area (Å²) < 4.78 is 0. The zero-order valence-electron chi connectivity index (χ0n) is 11.8. The van der Waals surface area contributed by atoms with E-state index in [9.17, 15) is 0 Å². The smallest absolute Gasteiger partial charge is 0.0626 e. The van der Waals surface area contributed by atoms with Gasteiger partial charge in [0.2, 0.25) is 0 Å². The largest absolute Gasteiger partial charge is 0.301 e. The highest BCUT2D eigenvalue weighted by molar-refractivity contribution is 4.86. The number of hydrogen-bond donors (Lipinski definition) is 1. The Morgan fingerprint density at radius 1 is 1.12 bits per heavy atom. The standard InChI is InChI=1S/C15H30N2/c1-3-5-6-14-7-10-16-15(14)17-11-8-13(4-2)9-12-17/h13-16H,3-12H2,1-2H3. The predicted molar refractivity (Wildman–Crippen MR) is 74.0 cm³/mol. The molecule has 2 aliphatic rings. The van der Waals surface area contributed by atoms with Crippen LogP contribution in [0, 0.1) is 11.8 Å². The van der Waals surface area contributed by atoms with Gasteiger partial charge in [-0.2, -0.15) is 0 Å². The fraction of sp³-hybridized carbons (Fsp3) is 1.00. The zero-order valence-corrected chi connectivity index (χ0v) is 11.8. The lowest BCUT2D eigenvalue weighted by atomic mass is 9.92. The summed E-state index contributed by atoms with van der Waals surface area (Å²) in [5.41, 5.74) is 0. The van der Waals surface area contributed by atoms with Crippen molar-refractivity contribution < 1.29 is 0 Å². The topological polar surface area (TPSA) is 15.3 Å². The van der Waals surface area contributed by atoms with Gasteiger partial charge in [0.25, 0.3) is 0 Å². The van der Waals surface area contributed by atoms with Crippen LogP contribution in [-0.2, 0) is 0 Å². The van der Waals surface area contributed by atoms with E-state index in [2.05, 4.69) is 24.1 Å². The molecule has 2 unspecified atom stereocenters. The first-order chi connectivity index (χ1) is 8.35. The van der Waals surface area contributed by atoms with Crippen molar-refractivity contribution in [1.82, 2.24) is 10.2 Å². The van der Waals surface area contributed by atoms with Gasteiger partial charge in [0.05, 0.1) is 6.17 Å². The molecule has 0 bridgehead atoms. The van der Waals surface area contributed by atoms with Crippen LogP contribution >= 0.6 is 0 Å². The molecule has 0 amide bonds. The molecule has 2 rings (SSSR count). The normalized spacial score (nSPS) is 32.1. The third-order valence-corrected chi connectivity index (χ3v) is 4.86. The minimum atomic E-state index is 0.708. The molecule has 1 N–H and O–H groups in total. The van der Waals surface area contributed by atoms with Gasteiger partial charge >= 0.3 is 0 Å². The first-order valence-electron chi connectivity index (χ1n) is 7.82. The Kier molecular flexibility index (Phi) is 5.30. The molecule has 0 spiro atoms. The van der Waals surface area contributed by atoms with Gasteiger partial charge in [-0.05, 0) is 57.2 Å². The Hall–Kier alpha value is -0.0800. The lowest BCUT2D eigenvalue weighted by Gasteiger charge is -2.38. The lowest BCUT2D eigenvalue weighted by molar-refractivity contribution is 0.0914. The second-order valence-electron chi connectivity index (χ2n) is 5.98. The molecule has 0 radical (unpaired) electrons. The van der Waals surface area contributed by atoms with Crippen LogP contribution < -0.4 is 5.32 Å². The molecule has 0 aromatic carbocycles.